The molecule has 30 heavy (non-hydrogen) atoms. The first-order valence-electron chi connectivity index (χ1n) is 10.4. The Balaban J connectivity index is 2.11. The van der Waals surface area contributed by atoms with Crippen LogP contribution in [0.15, 0.2) is 36.4 Å². The number of hydrogen-bond donors (Lipinski definition) is 1. The van der Waals surface area contributed by atoms with E-state index < -0.39 is 0 Å². The lowest BCUT2D eigenvalue weighted by Crippen LogP contribution is -2.35. The third kappa shape index (κ3) is 4.85. The van der Waals surface area contributed by atoms with E-state index in [0.29, 0.717) is 24.6 Å². The average Bonchev–Trinajstić information content (AvgIpc) is 3.04. The first-order valence-corrected chi connectivity index (χ1v) is 10.8. The Bertz CT molecular complexity index is 1030. The van der Waals surface area contributed by atoms with Crippen molar-refractivity contribution in [1.29, 1.82) is 0 Å². The first kappa shape index (κ1) is 22.3. The molecule has 0 spiro atoms. The first-order chi connectivity index (χ1) is 14.5. The molecule has 6 heteroatoms. The molecule has 1 atom stereocenters. The molecule has 160 valence electrons. The van der Waals surface area contributed by atoms with Gasteiger partial charge in [0.15, 0.2) is 0 Å². The van der Waals surface area contributed by atoms with Crippen LogP contribution in [0.4, 0.5) is 0 Å². The molecule has 1 amide bonds. The van der Waals surface area contributed by atoms with Gasteiger partial charge in [-0.05, 0) is 55.2 Å². The third-order valence-corrected chi connectivity index (χ3v) is 5.83. The van der Waals surface area contributed by atoms with E-state index in [1.807, 2.05) is 24.3 Å². The second kappa shape index (κ2) is 10.1. The summed E-state index contributed by atoms with van der Waals surface area (Å²) in [6.45, 7) is 7.24. The summed E-state index contributed by atoms with van der Waals surface area (Å²) in [6, 6.07) is 11.7. The van der Waals surface area contributed by atoms with E-state index in [9.17, 15) is 4.79 Å². The number of carbonyl (C=O) groups excluding carboxylic acids is 1. The van der Waals surface area contributed by atoms with Crippen molar-refractivity contribution in [1.82, 2.24) is 14.9 Å². The fraction of sp³-hybridized carbons (Fsp3) is 0.417. The molecule has 0 saturated carbocycles. The van der Waals surface area contributed by atoms with Gasteiger partial charge in [0.25, 0.3) is 0 Å². The summed E-state index contributed by atoms with van der Waals surface area (Å²) in [5.41, 5.74) is 5.27. The molecule has 0 unspecified atom stereocenters. The van der Waals surface area contributed by atoms with Crippen molar-refractivity contribution in [3.63, 3.8) is 0 Å². The van der Waals surface area contributed by atoms with Gasteiger partial charge in [-0.3, -0.25) is 4.79 Å². The van der Waals surface area contributed by atoms with E-state index in [0.717, 1.165) is 35.3 Å². The van der Waals surface area contributed by atoms with Crippen molar-refractivity contribution in [2.45, 2.75) is 46.1 Å². The smallest absolute Gasteiger partial charge is 0.243 e. The van der Waals surface area contributed by atoms with Gasteiger partial charge in [0.05, 0.1) is 17.6 Å². The predicted molar refractivity (Wildman–Crippen MR) is 122 cm³/mol. The quantitative estimate of drug-likeness (QED) is 0.489. The second-order valence-electron chi connectivity index (χ2n) is 7.68. The van der Waals surface area contributed by atoms with Crippen molar-refractivity contribution >= 4 is 28.5 Å². The SMILES string of the molecule is CCC[C@H](C(=O)NCCOC)n1c(Cc2ccccc2Cl)nc2cc(C)c(C)cc21. The lowest BCUT2D eigenvalue weighted by Gasteiger charge is -2.21. The topological polar surface area (TPSA) is 56.1 Å². The Morgan fingerprint density at radius 1 is 1.23 bits per heavy atom. The Hall–Kier alpha value is -2.37. The lowest BCUT2D eigenvalue weighted by molar-refractivity contribution is -0.124. The molecular formula is C24H30ClN3O2. The maximum Gasteiger partial charge on any atom is 0.243 e. The van der Waals surface area contributed by atoms with Gasteiger partial charge < -0.3 is 14.6 Å². The summed E-state index contributed by atoms with van der Waals surface area (Å²) in [7, 11) is 1.63. The summed E-state index contributed by atoms with van der Waals surface area (Å²) in [5, 5.41) is 3.72. The van der Waals surface area contributed by atoms with Crippen LogP contribution in [0.5, 0.6) is 0 Å². The number of carbonyl (C=O) groups is 1. The minimum Gasteiger partial charge on any atom is -0.383 e. The van der Waals surface area contributed by atoms with Gasteiger partial charge in [-0.1, -0.05) is 43.1 Å². The minimum atomic E-state index is -0.337. The predicted octanol–water partition coefficient (Wildman–Crippen LogP) is 5.00. The van der Waals surface area contributed by atoms with Gasteiger partial charge in [-0.2, -0.15) is 0 Å². The Morgan fingerprint density at radius 3 is 2.67 bits per heavy atom. The molecule has 0 fully saturated rings. The zero-order valence-corrected chi connectivity index (χ0v) is 18.9. The Labute approximate surface area is 183 Å². The molecular weight excluding hydrogens is 398 g/mol. The largest absolute Gasteiger partial charge is 0.383 e. The number of nitrogens with one attached hydrogen (secondary N) is 1. The molecule has 1 aromatic heterocycles. The van der Waals surface area contributed by atoms with Crippen LogP contribution in [-0.4, -0.2) is 35.7 Å². The van der Waals surface area contributed by atoms with Crippen molar-refractivity contribution in [2.75, 3.05) is 20.3 Å². The van der Waals surface area contributed by atoms with Gasteiger partial charge in [0.2, 0.25) is 5.91 Å². The minimum absolute atomic E-state index is 0.00756. The van der Waals surface area contributed by atoms with Crippen LogP contribution in [0.3, 0.4) is 0 Å². The van der Waals surface area contributed by atoms with Gasteiger partial charge >= 0.3 is 0 Å². The molecule has 2 aromatic carbocycles. The van der Waals surface area contributed by atoms with Crippen LogP contribution in [0.1, 0.15) is 48.3 Å². The van der Waals surface area contributed by atoms with Crippen LogP contribution >= 0.6 is 11.6 Å². The zero-order valence-electron chi connectivity index (χ0n) is 18.2. The van der Waals surface area contributed by atoms with Crippen molar-refractivity contribution in [3.8, 4) is 0 Å². The maximum atomic E-state index is 13.1. The second-order valence-corrected chi connectivity index (χ2v) is 8.09. The summed E-state index contributed by atoms with van der Waals surface area (Å²) in [4.78, 5) is 18.1. The highest BCUT2D eigenvalue weighted by molar-refractivity contribution is 6.31. The van der Waals surface area contributed by atoms with E-state index in [4.69, 9.17) is 21.3 Å². The number of hydrogen-bond acceptors (Lipinski definition) is 3. The van der Waals surface area contributed by atoms with Crippen molar-refractivity contribution < 1.29 is 9.53 Å². The van der Waals surface area contributed by atoms with E-state index in [2.05, 4.69) is 42.8 Å². The number of halogens is 1. The summed E-state index contributed by atoms with van der Waals surface area (Å²) >= 11 is 6.43. The fourth-order valence-electron chi connectivity index (χ4n) is 3.73. The highest BCUT2D eigenvalue weighted by Gasteiger charge is 2.25. The molecule has 0 aliphatic rings. The Morgan fingerprint density at radius 2 is 1.97 bits per heavy atom. The van der Waals surface area contributed by atoms with Gasteiger partial charge in [0.1, 0.15) is 11.9 Å². The number of benzene rings is 2. The number of aryl methyl sites for hydroxylation is 2. The number of aromatic nitrogens is 2. The standard InChI is InChI=1S/C24H30ClN3O2/c1-5-8-21(24(29)26-11-12-30-4)28-22-14-17(3)16(2)13-20(22)27-23(28)15-18-9-6-7-10-19(18)25/h6-7,9-10,13-14,21H,5,8,11-12,15H2,1-4H3,(H,26,29)/t21-/m1/s1. The molecule has 0 saturated heterocycles. The van der Waals surface area contributed by atoms with Gasteiger partial charge in [-0.15, -0.1) is 0 Å². The average molecular weight is 428 g/mol. The monoisotopic (exact) mass is 427 g/mol. The summed E-state index contributed by atoms with van der Waals surface area (Å²) in [6.07, 6.45) is 2.18. The number of ether oxygens (including phenoxy) is 1. The number of nitrogens with zero attached hydrogens (tertiary/aromatic N) is 2. The number of imidazole rings is 1. The molecule has 3 rings (SSSR count). The zero-order chi connectivity index (χ0) is 21.7. The maximum absolute atomic E-state index is 13.1. The van der Waals surface area contributed by atoms with E-state index in [1.165, 1.54) is 11.1 Å². The molecule has 0 radical (unpaired) electrons. The normalized spacial score (nSPS) is 12.3. The third-order valence-electron chi connectivity index (χ3n) is 5.47. The van der Waals surface area contributed by atoms with Crippen LogP contribution in [0.25, 0.3) is 11.0 Å². The molecule has 3 aromatic rings. The molecule has 1 N–H and O–H groups in total. The fourth-order valence-corrected chi connectivity index (χ4v) is 3.93. The Kier molecular flexibility index (Phi) is 7.51. The number of methoxy groups -OCH3 is 1. The molecule has 1 heterocycles. The molecule has 0 bridgehead atoms. The molecule has 0 aliphatic heterocycles. The van der Waals surface area contributed by atoms with Crippen LogP contribution in [0.2, 0.25) is 5.02 Å². The highest BCUT2D eigenvalue weighted by Crippen LogP contribution is 2.29. The molecule has 0 aliphatic carbocycles. The molecule has 5 nitrogen and oxygen atoms in total. The van der Waals surface area contributed by atoms with E-state index in [-0.39, 0.29) is 11.9 Å². The van der Waals surface area contributed by atoms with Gasteiger partial charge in [0, 0.05) is 25.1 Å². The van der Waals surface area contributed by atoms with E-state index in [1.54, 1.807) is 7.11 Å². The van der Waals surface area contributed by atoms with Crippen molar-refractivity contribution in [2.24, 2.45) is 0 Å². The lowest BCUT2D eigenvalue weighted by atomic mass is 10.1. The van der Waals surface area contributed by atoms with Crippen LogP contribution in [-0.2, 0) is 16.0 Å². The summed E-state index contributed by atoms with van der Waals surface area (Å²) < 4.78 is 7.20. The van der Waals surface area contributed by atoms with Crippen LogP contribution < -0.4 is 5.32 Å². The number of amides is 1. The van der Waals surface area contributed by atoms with E-state index >= 15 is 0 Å². The van der Waals surface area contributed by atoms with Crippen molar-refractivity contribution in [3.05, 3.63) is 63.9 Å². The number of fused-ring (bicyclic) bond motifs is 1. The summed E-state index contributed by atoms with van der Waals surface area (Å²) in [5.74, 6) is 0.843. The number of rotatable bonds is 9. The van der Waals surface area contributed by atoms with Crippen LogP contribution in [0, 0.1) is 13.8 Å². The highest BCUT2D eigenvalue weighted by atomic mass is 35.5. The van der Waals surface area contributed by atoms with Gasteiger partial charge in [-0.25, -0.2) is 4.98 Å².